The molecule has 1 saturated heterocycles. The molecule has 3 N–H and O–H groups in total. The quantitative estimate of drug-likeness (QED) is 0.222. The molecule has 3 aromatic carbocycles. The molecular weight excluding hydrogens is 586 g/mol. The van der Waals surface area contributed by atoms with E-state index >= 15 is 0 Å². The highest BCUT2D eigenvalue weighted by molar-refractivity contribution is 7.90. The zero-order valence-corrected chi connectivity index (χ0v) is 27.4. The number of hydrogen-bond donors (Lipinski definition) is 3. The number of carbonyl (C=O) groups is 2. The van der Waals surface area contributed by atoms with Crippen molar-refractivity contribution in [1.29, 1.82) is 0 Å². The van der Waals surface area contributed by atoms with Crippen molar-refractivity contribution in [3.63, 3.8) is 0 Å². The number of aromatic amines is 1. The van der Waals surface area contributed by atoms with Crippen molar-refractivity contribution in [1.82, 2.24) is 20.1 Å². The number of fused-ring (bicyclic) bond motifs is 1. The molecule has 10 heteroatoms. The molecule has 238 valence electrons. The van der Waals surface area contributed by atoms with Crippen LogP contribution in [-0.2, 0) is 21.2 Å². The molecule has 45 heavy (non-hydrogen) atoms. The number of hydrogen-bond acceptors (Lipinski definition) is 5. The molecule has 2 atom stereocenters. The number of anilines is 1. The van der Waals surface area contributed by atoms with E-state index in [1.165, 1.54) is 17.2 Å². The molecule has 0 bridgehead atoms. The van der Waals surface area contributed by atoms with E-state index in [1.807, 2.05) is 62.4 Å². The lowest BCUT2D eigenvalue weighted by atomic mass is 9.87. The van der Waals surface area contributed by atoms with Crippen LogP contribution in [0.15, 0.2) is 77.8 Å². The topological polar surface area (TPSA) is 115 Å². The average molecular weight is 630 g/mol. The first kappa shape index (κ1) is 32.2. The highest BCUT2D eigenvalue weighted by atomic mass is 32.2. The maximum atomic E-state index is 14.1. The number of likely N-dealkylation sites (tertiary alicyclic amines) is 1. The largest absolute Gasteiger partial charge is 0.361 e. The van der Waals surface area contributed by atoms with Gasteiger partial charge < -0.3 is 25.4 Å². The Balaban J connectivity index is 1.41. The number of sulfone groups is 1. The van der Waals surface area contributed by atoms with Crippen LogP contribution in [0.25, 0.3) is 10.9 Å². The lowest BCUT2D eigenvalue weighted by Crippen LogP contribution is -2.53. The number of carbonyl (C=O) groups excluding carboxylic acids is 2. The predicted octanol–water partition coefficient (Wildman–Crippen LogP) is 5.64. The van der Waals surface area contributed by atoms with E-state index in [0.717, 1.165) is 41.1 Å². The summed E-state index contributed by atoms with van der Waals surface area (Å²) in [5, 5.41) is 6.88. The molecule has 0 aliphatic carbocycles. The molecule has 1 fully saturated rings. The summed E-state index contributed by atoms with van der Waals surface area (Å²) in [6.07, 6.45) is 4.67. The van der Waals surface area contributed by atoms with Gasteiger partial charge >= 0.3 is 6.03 Å². The number of aryl methyl sites for hydroxylation is 1. The maximum Gasteiger partial charge on any atom is 0.318 e. The fourth-order valence-corrected chi connectivity index (χ4v) is 7.23. The summed E-state index contributed by atoms with van der Waals surface area (Å²) in [6.45, 7) is 5.74. The second kappa shape index (κ2) is 13.5. The summed E-state index contributed by atoms with van der Waals surface area (Å²) in [5.74, 6) is -0.535. The summed E-state index contributed by atoms with van der Waals surface area (Å²) in [7, 11) is 0.193. The zero-order valence-electron chi connectivity index (χ0n) is 26.6. The van der Waals surface area contributed by atoms with Gasteiger partial charge in [-0.1, -0.05) is 55.5 Å². The van der Waals surface area contributed by atoms with Crippen LogP contribution in [-0.4, -0.2) is 74.6 Å². The number of rotatable bonds is 9. The Morgan fingerprint density at radius 2 is 1.71 bits per heavy atom. The Kier molecular flexibility index (Phi) is 9.65. The number of amides is 3. The van der Waals surface area contributed by atoms with Crippen LogP contribution in [0.3, 0.4) is 0 Å². The van der Waals surface area contributed by atoms with Gasteiger partial charge in [0, 0.05) is 48.9 Å². The Hall–Kier alpha value is -4.15. The standard InChI is InChI=1S/C35H43N5O4S/c1-23-10-6-7-11-27(23)26-16-18-40(19-17-26)35(42)38-33(24(2)29-21-36-30-13-9-8-12-28(29)30)34(41)37-31-20-25(22-39(3)4)14-15-32(31)45(5,43)44/h6-15,20-21,24,26,33,36H,16-19,22H2,1-5H3,(H,37,41)(H,38,42)/t24-,33+/m0/s1. The number of piperidine rings is 1. The fraction of sp³-hybridized carbons (Fsp3) is 0.371. The third kappa shape index (κ3) is 7.40. The van der Waals surface area contributed by atoms with E-state index < -0.39 is 27.7 Å². The van der Waals surface area contributed by atoms with Crippen LogP contribution in [0.1, 0.15) is 53.9 Å². The number of benzene rings is 3. The van der Waals surface area contributed by atoms with Crippen LogP contribution in [0.5, 0.6) is 0 Å². The van der Waals surface area contributed by atoms with E-state index in [0.29, 0.717) is 25.6 Å². The zero-order chi connectivity index (χ0) is 32.3. The van der Waals surface area contributed by atoms with E-state index in [1.54, 1.807) is 17.0 Å². The van der Waals surface area contributed by atoms with E-state index in [9.17, 15) is 18.0 Å². The van der Waals surface area contributed by atoms with Crippen LogP contribution in [0, 0.1) is 6.92 Å². The van der Waals surface area contributed by atoms with Gasteiger partial charge in [0.05, 0.1) is 10.6 Å². The van der Waals surface area contributed by atoms with Crippen molar-refractivity contribution < 1.29 is 18.0 Å². The van der Waals surface area contributed by atoms with Gasteiger partial charge in [-0.25, -0.2) is 13.2 Å². The Labute approximate surface area is 265 Å². The molecule has 0 unspecified atom stereocenters. The normalized spacial score (nSPS) is 15.6. The van der Waals surface area contributed by atoms with Gasteiger partial charge in [-0.05, 0) is 80.2 Å². The molecule has 9 nitrogen and oxygen atoms in total. The third-order valence-corrected chi connectivity index (χ3v) is 9.94. The van der Waals surface area contributed by atoms with Gasteiger partial charge in [0.25, 0.3) is 0 Å². The first-order chi connectivity index (χ1) is 21.4. The number of H-pyrrole nitrogens is 1. The first-order valence-electron chi connectivity index (χ1n) is 15.4. The van der Waals surface area contributed by atoms with Crippen molar-refractivity contribution in [2.45, 2.75) is 56.0 Å². The molecule has 0 radical (unpaired) electrons. The number of urea groups is 1. The number of para-hydroxylation sites is 1. The van der Waals surface area contributed by atoms with Crippen LogP contribution in [0.4, 0.5) is 10.5 Å². The molecular formula is C35H43N5O4S. The first-order valence-corrected chi connectivity index (χ1v) is 17.3. The Morgan fingerprint density at radius 3 is 2.40 bits per heavy atom. The third-order valence-electron chi connectivity index (χ3n) is 8.78. The minimum atomic E-state index is -3.64. The minimum Gasteiger partial charge on any atom is -0.361 e. The summed E-state index contributed by atoms with van der Waals surface area (Å²) in [4.78, 5) is 34.9. The summed E-state index contributed by atoms with van der Waals surface area (Å²) < 4.78 is 25.4. The average Bonchev–Trinajstić information content (AvgIpc) is 3.43. The molecule has 2 heterocycles. The minimum absolute atomic E-state index is 0.0291. The van der Waals surface area contributed by atoms with E-state index in [4.69, 9.17) is 0 Å². The van der Waals surface area contributed by atoms with Gasteiger partial charge in [0.15, 0.2) is 9.84 Å². The number of nitrogens with one attached hydrogen (secondary N) is 3. The predicted molar refractivity (Wildman–Crippen MR) is 179 cm³/mol. The van der Waals surface area contributed by atoms with Gasteiger partial charge in [0.1, 0.15) is 6.04 Å². The lowest BCUT2D eigenvalue weighted by Gasteiger charge is -2.34. The van der Waals surface area contributed by atoms with Gasteiger partial charge in [-0.15, -0.1) is 0 Å². The summed E-state index contributed by atoms with van der Waals surface area (Å²) in [6, 6.07) is 19.9. The fourth-order valence-electron chi connectivity index (χ4n) is 6.40. The van der Waals surface area contributed by atoms with Crippen molar-refractivity contribution >= 4 is 38.4 Å². The second-order valence-corrected chi connectivity index (χ2v) is 14.4. The van der Waals surface area contributed by atoms with Crippen molar-refractivity contribution in [3.8, 4) is 0 Å². The molecule has 1 aliphatic heterocycles. The Bertz CT molecular complexity index is 1790. The molecule has 3 amide bonds. The maximum absolute atomic E-state index is 14.1. The van der Waals surface area contributed by atoms with Crippen molar-refractivity contribution in [2.75, 3.05) is 38.8 Å². The molecule has 0 saturated carbocycles. The second-order valence-electron chi connectivity index (χ2n) is 12.5. The molecule has 0 spiro atoms. The van der Waals surface area contributed by atoms with Crippen molar-refractivity contribution in [2.24, 2.45) is 0 Å². The number of nitrogens with zero attached hydrogens (tertiary/aromatic N) is 2. The van der Waals surface area contributed by atoms with E-state index in [2.05, 4.69) is 40.7 Å². The van der Waals surface area contributed by atoms with Gasteiger partial charge in [-0.3, -0.25) is 4.79 Å². The lowest BCUT2D eigenvalue weighted by molar-refractivity contribution is -0.118. The van der Waals surface area contributed by atoms with E-state index in [-0.39, 0.29) is 16.6 Å². The number of aromatic nitrogens is 1. The molecule has 4 aromatic rings. The van der Waals surface area contributed by atoms with Crippen molar-refractivity contribution in [3.05, 3.63) is 95.2 Å². The monoisotopic (exact) mass is 629 g/mol. The highest BCUT2D eigenvalue weighted by Crippen LogP contribution is 2.32. The summed E-state index contributed by atoms with van der Waals surface area (Å²) in [5.41, 5.74) is 5.44. The van der Waals surface area contributed by atoms with Gasteiger partial charge in [0.2, 0.25) is 5.91 Å². The molecule has 1 aromatic heterocycles. The smallest absolute Gasteiger partial charge is 0.318 e. The van der Waals surface area contributed by atoms with Crippen LogP contribution < -0.4 is 10.6 Å². The summed E-state index contributed by atoms with van der Waals surface area (Å²) >= 11 is 0. The molecule has 5 rings (SSSR count). The van der Waals surface area contributed by atoms with Gasteiger partial charge in [-0.2, -0.15) is 0 Å². The Morgan fingerprint density at radius 1 is 1.02 bits per heavy atom. The SMILES string of the molecule is Cc1ccccc1C1CCN(C(=O)N[C@@H](C(=O)Nc2cc(CN(C)C)ccc2S(C)(=O)=O)[C@@H](C)c2c[nH]c3ccccc23)CC1. The van der Waals surface area contributed by atoms with Crippen LogP contribution >= 0.6 is 0 Å². The van der Waals surface area contributed by atoms with Crippen LogP contribution in [0.2, 0.25) is 0 Å². The highest BCUT2D eigenvalue weighted by Gasteiger charge is 2.33. The molecule has 1 aliphatic rings.